The van der Waals surface area contributed by atoms with Gasteiger partial charge < -0.3 is 0 Å². The molecule has 4 heterocycles. The number of hydrogen-bond donors (Lipinski definition) is 0. The maximum absolute atomic E-state index is 5.47. The van der Waals surface area contributed by atoms with Crippen LogP contribution in [-0.2, 0) is 0 Å². The molecule has 10 rings (SSSR count). The van der Waals surface area contributed by atoms with Gasteiger partial charge in [0.15, 0.2) is 0 Å². The van der Waals surface area contributed by atoms with Crippen LogP contribution in [0.3, 0.4) is 0 Å². The highest BCUT2D eigenvalue weighted by molar-refractivity contribution is 7.26. The lowest BCUT2D eigenvalue weighted by Gasteiger charge is -2.11. The molecule has 0 saturated carbocycles. The molecule has 0 radical (unpaired) electrons. The van der Waals surface area contributed by atoms with Crippen LogP contribution in [0.2, 0.25) is 0 Å². The van der Waals surface area contributed by atoms with E-state index in [0.717, 1.165) is 27.0 Å². The fraction of sp³-hybridized carbons (Fsp3) is 0. The Hall–Kier alpha value is -5.10. The highest BCUT2D eigenvalue weighted by Gasteiger charge is 2.22. The average Bonchev–Trinajstić information content (AvgIpc) is 3.73. The molecule has 5 heteroatoms. The highest BCUT2D eigenvalue weighted by atomic mass is 32.1. The first-order chi connectivity index (χ1) is 21.3. The summed E-state index contributed by atoms with van der Waals surface area (Å²) < 4.78 is 6.08. The van der Waals surface area contributed by atoms with Crippen LogP contribution < -0.4 is 0 Å². The fourth-order valence-corrected chi connectivity index (χ4v) is 9.01. The lowest BCUT2D eigenvalue weighted by atomic mass is 10.0. The topological polar surface area (TPSA) is 30.7 Å². The minimum absolute atomic E-state index is 0.707. The molecule has 0 aliphatic heterocycles. The first-order valence-corrected chi connectivity index (χ1v) is 16.0. The molecule has 43 heavy (non-hydrogen) atoms. The third-order valence-electron chi connectivity index (χ3n) is 8.63. The van der Waals surface area contributed by atoms with E-state index < -0.39 is 0 Å². The van der Waals surface area contributed by atoms with Gasteiger partial charge in [-0.25, -0.2) is 9.97 Å². The van der Waals surface area contributed by atoms with Gasteiger partial charge in [-0.15, -0.1) is 22.7 Å². The van der Waals surface area contributed by atoms with Crippen molar-refractivity contribution in [1.29, 1.82) is 0 Å². The van der Waals surface area contributed by atoms with Gasteiger partial charge >= 0.3 is 0 Å². The fourth-order valence-electron chi connectivity index (χ4n) is 6.70. The van der Waals surface area contributed by atoms with Gasteiger partial charge in [0.2, 0.25) is 5.95 Å². The van der Waals surface area contributed by atoms with Crippen LogP contribution in [0.5, 0.6) is 0 Å². The molecule has 0 aliphatic carbocycles. The average molecular weight is 584 g/mol. The molecule has 3 nitrogen and oxygen atoms in total. The van der Waals surface area contributed by atoms with Crippen LogP contribution >= 0.6 is 22.7 Å². The molecule has 200 valence electrons. The summed E-state index contributed by atoms with van der Waals surface area (Å²) in [5.41, 5.74) is 4.36. The summed E-state index contributed by atoms with van der Waals surface area (Å²) in [7, 11) is 0. The first kappa shape index (κ1) is 23.5. The summed E-state index contributed by atoms with van der Waals surface area (Å²) in [5, 5.41) is 9.75. The Balaban J connectivity index is 1.38. The van der Waals surface area contributed by atoms with Crippen LogP contribution in [0.4, 0.5) is 0 Å². The normalized spacial score (nSPS) is 12.2. The van der Waals surface area contributed by atoms with Gasteiger partial charge in [-0.1, -0.05) is 103 Å². The Morgan fingerprint density at radius 1 is 0.512 bits per heavy atom. The molecule has 10 aromatic rings. The zero-order valence-corrected chi connectivity index (χ0v) is 24.4. The van der Waals surface area contributed by atoms with Gasteiger partial charge in [-0.3, -0.25) is 4.57 Å². The van der Waals surface area contributed by atoms with E-state index in [1.165, 1.54) is 57.3 Å². The number of para-hydroxylation sites is 1. The summed E-state index contributed by atoms with van der Waals surface area (Å²) in [6, 6.07) is 45.7. The predicted octanol–water partition coefficient (Wildman–Crippen LogP) is 11.1. The molecule has 0 atom stereocenters. The van der Waals surface area contributed by atoms with Crippen molar-refractivity contribution in [3.8, 4) is 17.2 Å². The molecule has 0 fully saturated rings. The predicted molar refractivity (Wildman–Crippen MR) is 185 cm³/mol. The van der Waals surface area contributed by atoms with Crippen LogP contribution in [0.1, 0.15) is 0 Å². The first-order valence-electron chi connectivity index (χ1n) is 14.3. The van der Waals surface area contributed by atoms with Crippen LogP contribution in [0, 0.1) is 0 Å². The van der Waals surface area contributed by atoms with Crippen molar-refractivity contribution in [2.24, 2.45) is 0 Å². The number of rotatable bonds is 2. The van der Waals surface area contributed by atoms with E-state index >= 15 is 0 Å². The van der Waals surface area contributed by atoms with Crippen LogP contribution in [0.25, 0.3) is 90.3 Å². The molecule has 0 saturated heterocycles. The molecular formula is C38H21N3S2. The van der Waals surface area contributed by atoms with Crippen LogP contribution in [-0.4, -0.2) is 14.5 Å². The number of nitrogens with zero attached hydrogens (tertiary/aromatic N) is 3. The molecule has 4 aromatic heterocycles. The summed E-state index contributed by atoms with van der Waals surface area (Å²) >= 11 is 3.59. The smallest absolute Gasteiger partial charge is 0.236 e. The SMILES string of the molecule is c1ccc2cc(-c3nc(-n4c5ccccc5c5ccc6c7ccccc7sc6c54)nc4sc5ccccc5c34)ccc2c1. The molecule has 0 amide bonds. The summed E-state index contributed by atoms with van der Waals surface area (Å²) in [4.78, 5) is 11.8. The molecule has 0 bridgehead atoms. The molecule has 0 aliphatic rings. The standard InChI is InChI=1S/C38H21N3S2/c1-2-10-23-21-24(18-17-22(23)9-1)34-33-29-13-5-8-16-32(29)43-37(33)40-38(39-34)41-30-14-6-3-11-25(30)27-19-20-28-26-12-4-7-15-31(26)42-36(28)35(27)41/h1-21H. The Labute approximate surface area is 253 Å². The van der Waals surface area contributed by atoms with Crippen molar-refractivity contribution in [1.82, 2.24) is 14.5 Å². The third kappa shape index (κ3) is 3.29. The number of hydrogen-bond acceptors (Lipinski definition) is 4. The monoisotopic (exact) mass is 583 g/mol. The zero-order valence-electron chi connectivity index (χ0n) is 22.8. The van der Waals surface area contributed by atoms with E-state index in [9.17, 15) is 0 Å². The second-order valence-corrected chi connectivity index (χ2v) is 13.1. The Kier molecular flexibility index (Phi) is 4.75. The maximum atomic E-state index is 5.47. The summed E-state index contributed by atoms with van der Waals surface area (Å²) in [5.74, 6) is 0.707. The van der Waals surface area contributed by atoms with E-state index in [-0.39, 0.29) is 0 Å². The van der Waals surface area contributed by atoms with Gasteiger partial charge in [0, 0.05) is 47.3 Å². The highest BCUT2D eigenvalue weighted by Crippen LogP contribution is 2.44. The third-order valence-corrected chi connectivity index (χ3v) is 10.9. The summed E-state index contributed by atoms with van der Waals surface area (Å²) in [6.45, 7) is 0. The lowest BCUT2D eigenvalue weighted by Crippen LogP contribution is -2.02. The molecule has 6 aromatic carbocycles. The van der Waals surface area contributed by atoms with Crippen molar-refractivity contribution in [2.75, 3.05) is 0 Å². The second-order valence-electron chi connectivity index (χ2n) is 11.0. The van der Waals surface area contributed by atoms with E-state index in [4.69, 9.17) is 9.97 Å². The molecule has 0 N–H and O–H groups in total. The van der Waals surface area contributed by atoms with E-state index in [2.05, 4.69) is 132 Å². The Bertz CT molecular complexity index is 2750. The van der Waals surface area contributed by atoms with E-state index in [0.29, 0.717) is 5.95 Å². The van der Waals surface area contributed by atoms with Gasteiger partial charge in [-0.05, 0) is 35.0 Å². The number of thiophene rings is 2. The Morgan fingerprint density at radius 3 is 2.09 bits per heavy atom. The molecule has 0 unspecified atom stereocenters. The Morgan fingerprint density at radius 2 is 1.21 bits per heavy atom. The lowest BCUT2D eigenvalue weighted by molar-refractivity contribution is 1.02. The largest absolute Gasteiger partial charge is 0.276 e. The second kappa shape index (κ2) is 8.71. The van der Waals surface area contributed by atoms with Gasteiger partial charge in [0.05, 0.1) is 21.4 Å². The van der Waals surface area contributed by atoms with Crippen molar-refractivity contribution in [2.45, 2.75) is 0 Å². The van der Waals surface area contributed by atoms with Crippen molar-refractivity contribution in [3.63, 3.8) is 0 Å². The van der Waals surface area contributed by atoms with E-state index in [1.807, 2.05) is 11.3 Å². The number of benzene rings is 6. The van der Waals surface area contributed by atoms with Crippen molar-refractivity contribution < 1.29 is 0 Å². The van der Waals surface area contributed by atoms with Crippen molar-refractivity contribution >= 4 is 95.7 Å². The maximum Gasteiger partial charge on any atom is 0.236 e. The number of fused-ring (bicyclic) bond motifs is 11. The zero-order chi connectivity index (χ0) is 28.1. The molecule has 0 spiro atoms. The van der Waals surface area contributed by atoms with E-state index in [1.54, 1.807) is 11.3 Å². The quantitative estimate of drug-likeness (QED) is 0.203. The minimum atomic E-state index is 0.707. The summed E-state index contributed by atoms with van der Waals surface area (Å²) in [6.07, 6.45) is 0. The minimum Gasteiger partial charge on any atom is -0.276 e. The van der Waals surface area contributed by atoms with Crippen molar-refractivity contribution in [3.05, 3.63) is 127 Å². The van der Waals surface area contributed by atoms with Crippen LogP contribution in [0.15, 0.2) is 127 Å². The van der Waals surface area contributed by atoms with Gasteiger partial charge in [-0.2, -0.15) is 0 Å². The number of aromatic nitrogens is 3. The van der Waals surface area contributed by atoms with Gasteiger partial charge in [0.25, 0.3) is 0 Å². The molecular weight excluding hydrogens is 563 g/mol. The van der Waals surface area contributed by atoms with Gasteiger partial charge in [0.1, 0.15) is 4.83 Å².